The molecule has 0 bridgehead atoms. The maximum Gasteiger partial charge on any atom is 0.253 e. The van der Waals surface area contributed by atoms with Gasteiger partial charge in [-0.1, -0.05) is 18.2 Å². The van der Waals surface area contributed by atoms with Gasteiger partial charge in [-0.2, -0.15) is 0 Å². The van der Waals surface area contributed by atoms with Gasteiger partial charge in [0.25, 0.3) is 11.8 Å². The van der Waals surface area contributed by atoms with Gasteiger partial charge in [0.2, 0.25) is 5.91 Å². The predicted octanol–water partition coefficient (Wildman–Crippen LogP) is 2.98. The lowest BCUT2D eigenvalue weighted by atomic mass is 10.1. The van der Waals surface area contributed by atoms with Gasteiger partial charge in [-0.3, -0.25) is 14.4 Å². The van der Waals surface area contributed by atoms with Crippen LogP contribution in [0.3, 0.4) is 0 Å². The van der Waals surface area contributed by atoms with Crippen LogP contribution in [0.2, 0.25) is 0 Å². The first kappa shape index (κ1) is 21.9. The van der Waals surface area contributed by atoms with E-state index in [4.69, 9.17) is 4.74 Å². The van der Waals surface area contributed by atoms with Crippen LogP contribution in [-0.4, -0.2) is 36.9 Å². The van der Waals surface area contributed by atoms with Crippen molar-refractivity contribution < 1.29 is 19.1 Å². The Morgan fingerprint density at radius 1 is 0.966 bits per heavy atom. The highest BCUT2D eigenvalue weighted by atomic mass is 16.5. The van der Waals surface area contributed by atoms with Crippen molar-refractivity contribution in [2.24, 2.45) is 0 Å². The molecular weight excluding hydrogens is 370 g/mol. The monoisotopic (exact) mass is 397 g/mol. The van der Waals surface area contributed by atoms with Crippen molar-refractivity contribution in [2.75, 3.05) is 19.0 Å². The molecule has 0 heterocycles. The minimum absolute atomic E-state index is 0.0743. The number of carbonyl (C=O) groups is 3. The number of anilines is 1. The molecule has 0 saturated heterocycles. The lowest BCUT2D eigenvalue weighted by Crippen LogP contribution is -2.40. The van der Waals surface area contributed by atoms with Crippen LogP contribution in [0.1, 0.15) is 47.9 Å². The maximum absolute atomic E-state index is 12.4. The topological polar surface area (TPSA) is 96.5 Å². The van der Waals surface area contributed by atoms with Crippen molar-refractivity contribution >= 4 is 23.4 Å². The van der Waals surface area contributed by atoms with Crippen LogP contribution in [-0.2, 0) is 4.79 Å². The fourth-order valence-electron chi connectivity index (χ4n) is 2.57. The van der Waals surface area contributed by atoms with Gasteiger partial charge in [-0.15, -0.1) is 0 Å². The highest BCUT2D eigenvalue weighted by Gasteiger charge is 2.18. The second-order valence-electron chi connectivity index (χ2n) is 7.54. The Balaban J connectivity index is 1.91. The number of ether oxygens (including phenoxy) is 1. The van der Waals surface area contributed by atoms with Crippen LogP contribution in [0.4, 0.5) is 5.69 Å². The third-order valence-electron chi connectivity index (χ3n) is 3.90. The number of nitrogens with one attached hydrogen (secondary N) is 3. The largest absolute Gasteiger partial charge is 0.497 e. The summed E-state index contributed by atoms with van der Waals surface area (Å²) in [4.78, 5) is 36.9. The molecule has 0 saturated carbocycles. The normalized spacial score (nSPS) is 10.8. The number of benzene rings is 2. The summed E-state index contributed by atoms with van der Waals surface area (Å²) in [6, 6.07) is 13.6. The Bertz CT molecular complexity index is 888. The van der Waals surface area contributed by atoms with E-state index in [9.17, 15) is 14.4 Å². The molecule has 7 nitrogen and oxygen atoms in total. The van der Waals surface area contributed by atoms with Gasteiger partial charge < -0.3 is 20.7 Å². The summed E-state index contributed by atoms with van der Waals surface area (Å²) >= 11 is 0. The number of carbonyl (C=O) groups excluding carboxylic acids is 3. The Kier molecular flexibility index (Phi) is 7.36. The van der Waals surface area contributed by atoms with Crippen molar-refractivity contribution in [3.63, 3.8) is 0 Å². The third-order valence-corrected chi connectivity index (χ3v) is 3.90. The second kappa shape index (κ2) is 9.73. The van der Waals surface area contributed by atoms with E-state index in [1.807, 2.05) is 20.8 Å². The van der Waals surface area contributed by atoms with Crippen LogP contribution >= 0.6 is 0 Å². The van der Waals surface area contributed by atoms with Crippen molar-refractivity contribution in [1.29, 1.82) is 0 Å². The molecule has 2 rings (SSSR count). The highest BCUT2D eigenvalue weighted by Crippen LogP contribution is 2.16. The first-order valence-electron chi connectivity index (χ1n) is 9.33. The van der Waals surface area contributed by atoms with Crippen molar-refractivity contribution in [1.82, 2.24) is 10.6 Å². The molecule has 0 unspecified atom stereocenters. The molecule has 0 fully saturated rings. The molecule has 0 aliphatic carbocycles. The van der Waals surface area contributed by atoms with Crippen LogP contribution in [0.5, 0.6) is 5.75 Å². The van der Waals surface area contributed by atoms with Crippen LogP contribution in [0.15, 0.2) is 48.5 Å². The van der Waals surface area contributed by atoms with Gasteiger partial charge in [-0.05, 0) is 51.1 Å². The number of hydrogen-bond donors (Lipinski definition) is 3. The molecule has 0 spiro atoms. The second-order valence-corrected chi connectivity index (χ2v) is 7.54. The zero-order valence-corrected chi connectivity index (χ0v) is 17.2. The molecule has 0 radical (unpaired) electrons. The van der Waals surface area contributed by atoms with E-state index in [-0.39, 0.29) is 30.7 Å². The van der Waals surface area contributed by atoms with Gasteiger partial charge in [-0.25, -0.2) is 0 Å². The first-order chi connectivity index (χ1) is 13.7. The molecule has 3 N–H and O–H groups in total. The summed E-state index contributed by atoms with van der Waals surface area (Å²) in [5.74, 6) is -0.270. The molecule has 0 aromatic heterocycles. The average molecular weight is 397 g/mol. The Morgan fingerprint density at radius 3 is 2.38 bits per heavy atom. The first-order valence-corrected chi connectivity index (χ1v) is 9.33. The molecule has 0 aliphatic heterocycles. The van der Waals surface area contributed by atoms with Gasteiger partial charge in [0, 0.05) is 24.1 Å². The fraction of sp³-hybridized carbons (Fsp3) is 0.318. The quantitative estimate of drug-likeness (QED) is 0.669. The standard InChI is InChI=1S/C22H27N3O4/c1-22(2,3)25-21(28)17-10-5-6-11-18(17)24-19(26)12-13-23-20(27)15-8-7-9-16(14-15)29-4/h5-11,14H,12-13H2,1-4H3,(H,23,27)(H,24,26)(H,25,28). The molecule has 2 aromatic rings. The minimum atomic E-state index is -0.390. The summed E-state index contributed by atoms with van der Waals surface area (Å²) < 4.78 is 5.10. The molecule has 2 aromatic carbocycles. The third kappa shape index (κ3) is 6.95. The molecule has 29 heavy (non-hydrogen) atoms. The zero-order chi connectivity index (χ0) is 21.4. The van der Waals surface area contributed by atoms with Crippen molar-refractivity contribution in [3.8, 4) is 5.75 Å². The molecule has 0 atom stereocenters. The number of para-hydroxylation sites is 1. The lowest BCUT2D eigenvalue weighted by molar-refractivity contribution is -0.116. The van der Waals surface area contributed by atoms with E-state index >= 15 is 0 Å². The van der Waals surface area contributed by atoms with Gasteiger partial charge in [0.1, 0.15) is 5.75 Å². The van der Waals surface area contributed by atoms with Gasteiger partial charge >= 0.3 is 0 Å². The summed E-state index contributed by atoms with van der Waals surface area (Å²) in [5.41, 5.74) is 0.877. The van der Waals surface area contributed by atoms with E-state index in [0.717, 1.165) is 0 Å². The Labute approximate surface area is 170 Å². The SMILES string of the molecule is COc1cccc(C(=O)NCCC(=O)Nc2ccccc2C(=O)NC(C)(C)C)c1. The van der Waals surface area contributed by atoms with Crippen molar-refractivity contribution in [2.45, 2.75) is 32.7 Å². The maximum atomic E-state index is 12.4. The minimum Gasteiger partial charge on any atom is -0.497 e. The summed E-state index contributed by atoms with van der Waals surface area (Å²) in [6.45, 7) is 5.82. The Morgan fingerprint density at radius 2 is 1.69 bits per heavy atom. The summed E-state index contributed by atoms with van der Waals surface area (Å²) in [6.07, 6.45) is 0.0743. The predicted molar refractivity (Wildman–Crippen MR) is 112 cm³/mol. The Hall–Kier alpha value is -3.35. The van der Waals surface area contributed by atoms with Gasteiger partial charge in [0.15, 0.2) is 0 Å². The van der Waals surface area contributed by atoms with Crippen LogP contribution in [0, 0.1) is 0 Å². The van der Waals surface area contributed by atoms with E-state index < -0.39 is 5.54 Å². The molecule has 7 heteroatoms. The number of hydrogen-bond acceptors (Lipinski definition) is 4. The van der Waals surface area contributed by atoms with Crippen LogP contribution < -0.4 is 20.7 Å². The number of rotatable bonds is 7. The molecule has 3 amide bonds. The summed E-state index contributed by atoms with van der Waals surface area (Å²) in [7, 11) is 1.53. The highest BCUT2D eigenvalue weighted by molar-refractivity contribution is 6.04. The lowest BCUT2D eigenvalue weighted by Gasteiger charge is -2.21. The van der Waals surface area contributed by atoms with E-state index in [0.29, 0.717) is 22.6 Å². The van der Waals surface area contributed by atoms with Crippen LogP contribution in [0.25, 0.3) is 0 Å². The van der Waals surface area contributed by atoms with E-state index in [1.165, 1.54) is 7.11 Å². The molecule has 154 valence electrons. The molecule has 0 aliphatic rings. The number of amides is 3. The fourth-order valence-corrected chi connectivity index (χ4v) is 2.57. The molecular formula is C22H27N3O4. The van der Waals surface area contributed by atoms with Gasteiger partial charge in [0.05, 0.1) is 18.4 Å². The smallest absolute Gasteiger partial charge is 0.253 e. The zero-order valence-electron chi connectivity index (χ0n) is 17.2. The number of methoxy groups -OCH3 is 1. The van der Waals surface area contributed by atoms with E-state index in [1.54, 1.807) is 48.5 Å². The van der Waals surface area contributed by atoms with E-state index in [2.05, 4.69) is 16.0 Å². The average Bonchev–Trinajstić information content (AvgIpc) is 2.67. The van der Waals surface area contributed by atoms with Crippen molar-refractivity contribution in [3.05, 3.63) is 59.7 Å². The summed E-state index contributed by atoms with van der Waals surface area (Å²) in [5, 5.41) is 8.32.